The van der Waals surface area contributed by atoms with Gasteiger partial charge in [0.1, 0.15) is 0 Å². The summed E-state index contributed by atoms with van der Waals surface area (Å²) >= 11 is 0. The van der Waals surface area contributed by atoms with Crippen LogP contribution >= 0.6 is 0 Å². The van der Waals surface area contributed by atoms with Crippen molar-refractivity contribution in [1.82, 2.24) is 20.9 Å². The summed E-state index contributed by atoms with van der Waals surface area (Å²) in [4.78, 5) is 18.1. The summed E-state index contributed by atoms with van der Waals surface area (Å²) in [6.45, 7) is 8.99. The van der Waals surface area contributed by atoms with Crippen molar-refractivity contribution in [2.45, 2.75) is 57.7 Å². The van der Waals surface area contributed by atoms with Crippen LogP contribution in [0.25, 0.3) is 0 Å². The van der Waals surface area contributed by atoms with E-state index in [0.717, 1.165) is 38.3 Å². The van der Waals surface area contributed by atoms with Gasteiger partial charge in [-0.05, 0) is 26.2 Å². The van der Waals surface area contributed by atoms with E-state index in [1.807, 2.05) is 7.05 Å². The van der Waals surface area contributed by atoms with Crippen LogP contribution in [0.3, 0.4) is 0 Å². The van der Waals surface area contributed by atoms with Crippen molar-refractivity contribution in [3.63, 3.8) is 0 Å². The third-order valence-corrected chi connectivity index (χ3v) is 6.39. The number of piperidine rings is 1. The van der Waals surface area contributed by atoms with Crippen molar-refractivity contribution in [2.75, 3.05) is 40.8 Å². The Morgan fingerprint density at radius 2 is 1.88 bits per heavy atom. The van der Waals surface area contributed by atoms with Crippen LogP contribution in [0.1, 0.15) is 40.0 Å². The van der Waals surface area contributed by atoms with Crippen LogP contribution in [0.5, 0.6) is 0 Å². The van der Waals surface area contributed by atoms with Gasteiger partial charge in [-0.1, -0.05) is 13.8 Å². The van der Waals surface area contributed by atoms with Gasteiger partial charge in [0.05, 0.1) is 12.1 Å². The fraction of sp³-hybridized carbons (Fsp3) is 0.889. The van der Waals surface area contributed by atoms with Gasteiger partial charge >= 0.3 is 0 Å². The Kier molecular flexibility index (Phi) is 6.32. The highest BCUT2D eigenvalue weighted by molar-refractivity contribution is 5.80. The van der Waals surface area contributed by atoms with Gasteiger partial charge < -0.3 is 20.7 Å². The molecule has 144 valence electrons. The van der Waals surface area contributed by atoms with Gasteiger partial charge in [0, 0.05) is 51.8 Å². The van der Waals surface area contributed by atoms with Crippen LogP contribution in [-0.4, -0.2) is 75.3 Å². The number of rotatable bonds is 5. The van der Waals surface area contributed by atoms with Crippen LogP contribution in [-0.2, 0) is 9.53 Å². The standard InChI is InChI=1S/C18H35N5O2/c1-17(2)14(11-18(17,3)25-6)22-16(20-5)21-13-7-9-23(10-8-13)12-15(24)19-4/h13-14H,7-12H2,1-6H3,(H,19,24)(H2,20,21,22). The average molecular weight is 354 g/mol. The van der Waals surface area contributed by atoms with Gasteiger partial charge in [0.15, 0.2) is 5.96 Å². The van der Waals surface area contributed by atoms with Crippen molar-refractivity contribution in [3.8, 4) is 0 Å². The van der Waals surface area contributed by atoms with E-state index in [1.165, 1.54) is 0 Å². The molecule has 0 aromatic rings. The highest BCUT2D eigenvalue weighted by Gasteiger charge is 2.58. The summed E-state index contributed by atoms with van der Waals surface area (Å²) in [7, 11) is 5.29. The van der Waals surface area contributed by atoms with E-state index < -0.39 is 0 Å². The maximum absolute atomic E-state index is 11.5. The molecule has 25 heavy (non-hydrogen) atoms. The second kappa shape index (κ2) is 7.91. The zero-order valence-corrected chi connectivity index (χ0v) is 16.6. The fourth-order valence-electron chi connectivity index (χ4n) is 3.77. The van der Waals surface area contributed by atoms with Crippen molar-refractivity contribution in [3.05, 3.63) is 0 Å². The normalized spacial score (nSPS) is 30.5. The molecule has 2 unspecified atom stereocenters. The number of likely N-dealkylation sites (N-methyl/N-ethyl adjacent to an activating group) is 1. The highest BCUT2D eigenvalue weighted by Crippen LogP contribution is 2.51. The molecule has 7 nitrogen and oxygen atoms in total. The number of nitrogens with one attached hydrogen (secondary N) is 3. The molecule has 2 rings (SSSR count). The number of guanidine groups is 1. The smallest absolute Gasteiger partial charge is 0.233 e. The van der Waals surface area contributed by atoms with Crippen molar-refractivity contribution < 1.29 is 9.53 Å². The molecular formula is C18H35N5O2. The molecule has 1 aliphatic carbocycles. The van der Waals surface area contributed by atoms with E-state index in [0.29, 0.717) is 18.6 Å². The van der Waals surface area contributed by atoms with E-state index in [-0.39, 0.29) is 16.9 Å². The first kappa shape index (κ1) is 20.0. The van der Waals surface area contributed by atoms with E-state index in [1.54, 1.807) is 14.2 Å². The minimum atomic E-state index is -0.0886. The third kappa shape index (κ3) is 4.26. The number of nitrogens with zero attached hydrogens (tertiary/aromatic N) is 2. The average Bonchev–Trinajstić information content (AvgIpc) is 2.61. The number of hydrogen-bond acceptors (Lipinski definition) is 4. The summed E-state index contributed by atoms with van der Waals surface area (Å²) < 4.78 is 5.70. The molecule has 0 bridgehead atoms. The van der Waals surface area contributed by atoms with Gasteiger partial charge in [-0.15, -0.1) is 0 Å². The minimum absolute atomic E-state index is 0.0518. The summed E-state index contributed by atoms with van der Waals surface area (Å²) in [6.07, 6.45) is 3.00. The van der Waals surface area contributed by atoms with Crippen molar-refractivity contribution >= 4 is 11.9 Å². The van der Waals surface area contributed by atoms with E-state index >= 15 is 0 Å². The lowest BCUT2D eigenvalue weighted by Gasteiger charge is -2.59. The number of carbonyl (C=O) groups excluding carboxylic acids is 1. The van der Waals surface area contributed by atoms with Crippen LogP contribution in [0.4, 0.5) is 0 Å². The zero-order chi connectivity index (χ0) is 18.7. The number of likely N-dealkylation sites (tertiary alicyclic amines) is 1. The number of ether oxygens (including phenoxy) is 1. The summed E-state index contributed by atoms with van der Waals surface area (Å²) in [5.41, 5.74) is -0.0367. The number of amides is 1. The molecule has 2 fully saturated rings. The Morgan fingerprint density at radius 3 is 2.36 bits per heavy atom. The molecule has 0 radical (unpaired) electrons. The molecule has 7 heteroatoms. The lowest BCUT2D eigenvalue weighted by Crippen LogP contribution is -2.69. The van der Waals surface area contributed by atoms with Gasteiger partial charge in [-0.25, -0.2) is 0 Å². The molecule has 2 aliphatic rings. The largest absolute Gasteiger partial charge is 0.378 e. The number of aliphatic imine (C=N–C) groups is 1. The molecule has 0 aromatic carbocycles. The Morgan fingerprint density at radius 1 is 1.24 bits per heavy atom. The lowest BCUT2D eigenvalue weighted by molar-refractivity contribution is -0.176. The fourth-order valence-corrected chi connectivity index (χ4v) is 3.77. The highest BCUT2D eigenvalue weighted by atomic mass is 16.5. The first-order valence-corrected chi connectivity index (χ1v) is 9.23. The lowest BCUT2D eigenvalue weighted by atomic mass is 9.56. The van der Waals surface area contributed by atoms with Crippen LogP contribution in [0, 0.1) is 5.41 Å². The first-order chi connectivity index (χ1) is 11.8. The van der Waals surface area contributed by atoms with Crippen molar-refractivity contribution in [2.24, 2.45) is 10.4 Å². The monoisotopic (exact) mass is 353 g/mol. The van der Waals surface area contributed by atoms with Crippen molar-refractivity contribution in [1.29, 1.82) is 0 Å². The quantitative estimate of drug-likeness (QED) is 0.497. The van der Waals surface area contributed by atoms with E-state index in [2.05, 4.69) is 46.6 Å². The molecule has 1 saturated heterocycles. The molecule has 3 N–H and O–H groups in total. The predicted molar refractivity (Wildman–Crippen MR) is 101 cm³/mol. The summed E-state index contributed by atoms with van der Waals surface area (Å²) in [5, 5.41) is 9.79. The van der Waals surface area contributed by atoms with Crippen LogP contribution in [0.15, 0.2) is 4.99 Å². The first-order valence-electron chi connectivity index (χ1n) is 9.23. The molecule has 0 spiro atoms. The van der Waals surface area contributed by atoms with Gasteiger partial charge in [-0.3, -0.25) is 14.7 Å². The van der Waals surface area contributed by atoms with Crippen LogP contribution in [0.2, 0.25) is 0 Å². The minimum Gasteiger partial charge on any atom is -0.378 e. The topological polar surface area (TPSA) is 78.0 Å². The molecule has 1 saturated carbocycles. The second-order valence-electron chi connectivity index (χ2n) is 8.00. The molecule has 1 heterocycles. The molecule has 2 atom stereocenters. The van der Waals surface area contributed by atoms with Gasteiger partial charge in [0.2, 0.25) is 5.91 Å². The maximum Gasteiger partial charge on any atom is 0.233 e. The summed E-state index contributed by atoms with van der Waals surface area (Å²) in [6, 6.07) is 0.737. The zero-order valence-electron chi connectivity index (χ0n) is 16.6. The van der Waals surface area contributed by atoms with E-state index in [4.69, 9.17) is 4.74 Å². The number of carbonyl (C=O) groups is 1. The molecule has 1 aliphatic heterocycles. The molecule has 1 amide bonds. The Balaban J connectivity index is 1.80. The Hall–Kier alpha value is -1.34. The Bertz CT molecular complexity index is 500. The Labute approximate surface area is 152 Å². The molecular weight excluding hydrogens is 318 g/mol. The van der Waals surface area contributed by atoms with Gasteiger partial charge in [0.25, 0.3) is 0 Å². The van der Waals surface area contributed by atoms with E-state index in [9.17, 15) is 4.79 Å². The number of hydrogen-bond donors (Lipinski definition) is 3. The third-order valence-electron chi connectivity index (χ3n) is 6.39. The van der Waals surface area contributed by atoms with Crippen LogP contribution < -0.4 is 16.0 Å². The SMILES string of the molecule is CN=C(NC1CCN(CC(=O)NC)CC1)NC1CC(C)(OC)C1(C)C. The molecule has 0 aromatic heterocycles. The number of methoxy groups -OCH3 is 1. The van der Waals surface area contributed by atoms with Gasteiger partial charge in [-0.2, -0.15) is 0 Å². The second-order valence-corrected chi connectivity index (χ2v) is 8.00. The summed E-state index contributed by atoms with van der Waals surface area (Å²) in [5.74, 6) is 0.943. The maximum atomic E-state index is 11.5. The predicted octanol–water partition coefficient (Wildman–Crippen LogP) is 0.565.